The predicted molar refractivity (Wildman–Crippen MR) is 59.8 cm³/mol. The summed E-state index contributed by atoms with van der Waals surface area (Å²) in [6, 6.07) is 0. The highest BCUT2D eigenvalue weighted by molar-refractivity contribution is 6.21. The Kier molecular flexibility index (Phi) is 3.89. The van der Waals surface area contributed by atoms with Crippen molar-refractivity contribution in [2.45, 2.75) is 62.6 Å². The number of rotatable bonds is 1. The average molecular weight is 235 g/mol. The van der Waals surface area contributed by atoms with Gasteiger partial charge in [-0.1, -0.05) is 32.1 Å². The third kappa shape index (κ3) is 2.47. The molecule has 0 saturated heterocycles. The molecule has 1 N–H and O–H groups in total. The Balaban J connectivity index is 1.96. The highest BCUT2D eigenvalue weighted by Gasteiger charge is 2.41. The minimum Gasteiger partial charge on any atom is -0.390 e. The van der Waals surface area contributed by atoms with Crippen molar-refractivity contribution in [1.82, 2.24) is 0 Å². The first-order chi connectivity index (χ1) is 7.20. The van der Waals surface area contributed by atoms with E-state index in [1.54, 1.807) is 0 Å². The standard InChI is InChI=1S/C12H20ClFO/c13-11-9(6-7-10(15)12(11)14)8-4-2-1-3-5-8/h8-12,15H,1-7H2. The van der Waals surface area contributed by atoms with E-state index in [9.17, 15) is 9.50 Å². The van der Waals surface area contributed by atoms with Crippen LogP contribution in [-0.4, -0.2) is 22.8 Å². The van der Waals surface area contributed by atoms with Gasteiger partial charge in [-0.2, -0.15) is 0 Å². The van der Waals surface area contributed by atoms with E-state index in [0.29, 0.717) is 18.3 Å². The average Bonchev–Trinajstić information content (AvgIpc) is 2.27. The van der Waals surface area contributed by atoms with Crippen molar-refractivity contribution in [2.75, 3.05) is 0 Å². The fourth-order valence-corrected chi connectivity index (χ4v) is 3.69. The summed E-state index contributed by atoms with van der Waals surface area (Å²) in [4.78, 5) is 0. The smallest absolute Gasteiger partial charge is 0.142 e. The molecule has 2 rings (SSSR count). The molecule has 0 amide bonds. The molecule has 0 aliphatic heterocycles. The molecule has 0 radical (unpaired) electrons. The van der Waals surface area contributed by atoms with Gasteiger partial charge in [0.05, 0.1) is 11.5 Å². The number of aliphatic hydroxyl groups excluding tert-OH is 1. The molecule has 0 heterocycles. The summed E-state index contributed by atoms with van der Waals surface area (Å²) in [5.41, 5.74) is 0. The van der Waals surface area contributed by atoms with Crippen molar-refractivity contribution in [1.29, 1.82) is 0 Å². The second-order valence-electron chi connectivity index (χ2n) is 5.10. The summed E-state index contributed by atoms with van der Waals surface area (Å²) in [5, 5.41) is 8.94. The van der Waals surface area contributed by atoms with Gasteiger partial charge in [0, 0.05) is 0 Å². The zero-order valence-electron chi connectivity index (χ0n) is 9.04. The van der Waals surface area contributed by atoms with E-state index < -0.39 is 17.7 Å². The molecule has 0 spiro atoms. The van der Waals surface area contributed by atoms with Crippen LogP contribution in [0.15, 0.2) is 0 Å². The number of hydrogen-bond donors (Lipinski definition) is 1. The van der Waals surface area contributed by atoms with Gasteiger partial charge in [-0.05, 0) is 24.7 Å². The fraction of sp³-hybridized carbons (Fsp3) is 1.00. The van der Waals surface area contributed by atoms with Gasteiger partial charge in [-0.15, -0.1) is 11.6 Å². The molecule has 2 fully saturated rings. The van der Waals surface area contributed by atoms with E-state index in [-0.39, 0.29) is 0 Å². The van der Waals surface area contributed by atoms with E-state index in [1.807, 2.05) is 0 Å². The Hall–Kier alpha value is 0.180. The van der Waals surface area contributed by atoms with Crippen LogP contribution >= 0.6 is 11.6 Å². The van der Waals surface area contributed by atoms with Crippen molar-refractivity contribution >= 4 is 11.6 Å². The maximum Gasteiger partial charge on any atom is 0.142 e. The number of alkyl halides is 2. The van der Waals surface area contributed by atoms with Crippen LogP contribution in [0.3, 0.4) is 0 Å². The maximum atomic E-state index is 13.6. The van der Waals surface area contributed by atoms with Crippen molar-refractivity contribution in [3.8, 4) is 0 Å². The molecule has 1 nitrogen and oxygen atoms in total. The zero-order valence-corrected chi connectivity index (χ0v) is 9.80. The normalized spacial score (nSPS) is 44.2. The van der Waals surface area contributed by atoms with E-state index in [0.717, 1.165) is 6.42 Å². The van der Waals surface area contributed by atoms with Gasteiger partial charge in [0.15, 0.2) is 0 Å². The molecule has 0 bridgehead atoms. The topological polar surface area (TPSA) is 20.2 Å². The van der Waals surface area contributed by atoms with Gasteiger partial charge >= 0.3 is 0 Å². The molecule has 15 heavy (non-hydrogen) atoms. The fourth-order valence-electron chi connectivity index (χ4n) is 3.19. The van der Waals surface area contributed by atoms with E-state index in [4.69, 9.17) is 11.6 Å². The molecule has 88 valence electrons. The van der Waals surface area contributed by atoms with E-state index in [1.165, 1.54) is 32.1 Å². The highest BCUT2D eigenvalue weighted by Crippen LogP contribution is 2.41. The molecule has 2 aliphatic rings. The van der Waals surface area contributed by atoms with E-state index in [2.05, 4.69) is 0 Å². The van der Waals surface area contributed by atoms with Gasteiger partial charge < -0.3 is 5.11 Å². The van der Waals surface area contributed by atoms with Crippen LogP contribution in [0.5, 0.6) is 0 Å². The second kappa shape index (κ2) is 5.01. The summed E-state index contributed by atoms with van der Waals surface area (Å²) in [6.07, 6.45) is 5.71. The van der Waals surface area contributed by atoms with Gasteiger partial charge in [-0.25, -0.2) is 4.39 Å². The van der Waals surface area contributed by atoms with Crippen molar-refractivity contribution in [2.24, 2.45) is 11.8 Å². The summed E-state index contributed by atoms with van der Waals surface area (Å²) >= 11 is 6.13. The number of hydrogen-bond acceptors (Lipinski definition) is 1. The SMILES string of the molecule is OC1CCC(C2CCCCC2)C(Cl)C1F. The van der Waals surface area contributed by atoms with Gasteiger partial charge in [0.1, 0.15) is 6.17 Å². The third-order valence-corrected chi connectivity index (χ3v) is 4.70. The monoisotopic (exact) mass is 234 g/mol. The Morgan fingerprint density at radius 1 is 1.00 bits per heavy atom. The molecular weight excluding hydrogens is 215 g/mol. The second-order valence-corrected chi connectivity index (χ2v) is 5.60. The summed E-state index contributed by atoms with van der Waals surface area (Å²) < 4.78 is 13.6. The third-order valence-electron chi connectivity index (χ3n) is 4.13. The Morgan fingerprint density at radius 2 is 1.67 bits per heavy atom. The van der Waals surface area contributed by atoms with Crippen LogP contribution in [0.25, 0.3) is 0 Å². The van der Waals surface area contributed by atoms with Gasteiger partial charge in [0.2, 0.25) is 0 Å². The first-order valence-electron chi connectivity index (χ1n) is 6.16. The van der Waals surface area contributed by atoms with Crippen LogP contribution in [0.1, 0.15) is 44.9 Å². The van der Waals surface area contributed by atoms with Crippen LogP contribution in [-0.2, 0) is 0 Å². The van der Waals surface area contributed by atoms with Crippen LogP contribution < -0.4 is 0 Å². The van der Waals surface area contributed by atoms with Crippen LogP contribution in [0.2, 0.25) is 0 Å². The lowest BCUT2D eigenvalue weighted by Gasteiger charge is -2.39. The predicted octanol–water partition coefficient (Wildman–Crippen LogP) is 3.28. The molecule has 0 aromatic rings. The Morgan fingerprint density at radius 3 is 2.33 bits per heavy atom. The maximum absolute atomic E-state index is 13.6. The van der Waals surface area contributed by atoms with Crippen molar-refractivity contribution in [3.63, 3.8) is 0 Å². The van der Waals surface area contributed by atoms with Gasteiger partial charge in [-0.3, -0.25) is 0 Å². The summed E-state index contributed by atoms with van der Waals surface area (Å²) in [5.74, 6) is 0.900. The molecule has 2 saturated carbocycles. The first-order valence-corrected chi connectivity index (χ1v) is 6.60. The quantitative estimate of drug-likeness (QED) is 0.691. The number of halogens is 2. The molecule has 0 aromatic heterocycles. The highest BCUT2D eigenvalue weighted by atomic mass is 35.5. The molecule has 0 aromatic carbocycles. The number of aliphatic hydroxyl groups is 1. The van der Waals surface area contributed by atoms with Crippen LogP contribution in [0, 0.1) is 11.8 Å². The molecule has 2 aliphatic carbocycles. The lowest BCUT2D eigenvalue weighted by atomic mass is 9.72. The molecule has 4 atom stereocenters. The minimum atomic E-state index is -1.22. The Bertz CT molecular complexity index is 204. The van der Waals surface area contributed by atoms with E-state index >= 15 is 0 Å². The van der Waals surface area contributed by atoms with Gasteiger partial charge in [0.25, 0.3) is 0 Å². The Labute approximate surface area is 96.0 Å². The summed E-state index contributed by atoms with van der Waals surface area (Å²) in [7, 11) is 0. The molecule has 4 unspecified atom stereocenters. The molecule has 3 heteroatoms. The van der Waals surface area contributed by atoms with Crippen LogP contribution in [0.4, 0.5) is 4.39 Å². The molecular formula is C12H20ClFO. The lowest BCUT2D eigenvalue weighted by molar-refractivity contribution is 0.0114. The largest absolute Gasteiger partial charge is 0.390 e. The van der Waals surface area contributed by atoms with Crippen molar-refractivity contribution in [3.05, 3.63) is 0 Å². The summed E-state index contributed by atoms with van der Waals surface area (Å²) in [6.45, 7) is 0. The zero-order chi connectivity index (χ0) is 10.8. The minimum absolute atomic E-state index is 0.297. The lowest BCUT2D eigenvalue weighted by Crippen LogP contribution is -2.43. The van der Waals surface area contributed by atoms with Crippen molar-refractivity contribution < 1.29 is 9.50 Å². The first kappa shape index (κ1) is 11.7.